The summed E-state index contributed by atoms with van der Waals surface area (Å²) in [5.41, 5.74) is 5.52. The molecule has 1 aromatic heterocycles. The van der Waals surface area contributed by atoms with Gasteiger partial charge in [-0.2, -0.15) is 4.98 Å². The Balaban J connectivity index is 1.98. The first-order valence-electron chi connectivity index (χ1n) is 5.77. The number of hydrogen-bond acceptors (Lipinski definition) is 4. The molecule has 2 aromatic carbocycles. The highest BCUT2D eigenvalue weighted by molar-refractivity contribution is 9.10. The zero-order chi connectivity index (χ0) is 14.1. The van der Waals surface area contributed by atoms with Crippen LogP contribution in [0.4, 0.5) is 5.95 Å². The van der Waals surface area contributed by atoms with Gasteiger partial charge in [0, 0.05) is 4.47 Å². The quantitative estimate of drug-likeness (QED) is 0.743. The number of fused-ring (bicyclic) bond motifs is 1. The van der Waals surface area contributed by atoms with E-state index in [2.05, 4.69) is 25.9 Å². The predicted molar refractivity (Wildman–Crippen MR) is 83.2 cm³/mol. The van der Waals surface area contributed by atoms with Gasteiger partial charge in [0.25, 0.3) is 0 Å². The van der Waals surface area contributed by atoms with Crippen LogP contribution < -0.4 is 10.5 Å². The summed E-state index contributed by atoms with van der Waals surface area (Å²) in [6.45, 7) is 0. The Morgan fingerprint density at radius 3 is 2.70 bits per heavy atom. The summed E-state index contributed by atoms with van der Waals surface area (Å²) in [4.78, 5) is 7.76. The number of aromatic nitrogens is 2. The highest BCUT2D eigenvalue weighted by Gasteiger charge is 2.07. The van der Waals surface area contributed by atoms with Crippen molar-refractivity contribution < 1.29 is 4.74 Å². The number of hydrogen-bond donors (Lipinski definition) is 1. The lowest BCUT2D eigenvalue weighted by molar-refractivity contribution is 0.463. The summed E-state index contributed by atoms with van der Waals surface area (Å²) in [6, 6.07) is 11.7. The van der Waals surface area contributed by atoms with E-state index in [1.54, 1.807) is 0 Å². The maximum absolute atomic E-state index is 5.97. The van der Waals surface area contributed by atoms with E-state index in [0.29, 0.717) is 10.8 Å². The third kappa shape index (κ3) is 2.69. The van der Waals surface area contributed by atoms with Crippen LogP contribution in [0.2, 0.25) is 5.02 Å². The summed E-state index contributed by atoms with van der Waals surface area (Å²) in [6.07, 6.45) is 1.41. The number of nitrogens with zero attached hydrogens (tertiary/aromatic N) is 2. The highest BCUT2D eigenvalue weighted by Crippen LogP contribution is 2.30. The molecule has 0 unspecified atom stereocenters. The van der Waals surface area contributed by atoms with Crippen molar-refractivity contribution in [3.05, 3.63) is 52.1 Å². The van der Waals surface area contributed by atoms with Gasteiger partial charge in [0.2, 0.25) is 11.8 Å². The molecule has 4 nitrogen and oxygen atoms in total. The molecular weight excluding hydrogens is 342 g/mol. The Kier molecular flexibility index (Phi) is 3.46. The van der Waals surface area contributed by atoms with Crippen molar-refractivity contribution in [3.8, 4) is 11.6 Å². The molecule has 0 radical (unpaired) electrons. The Morgan fingerprint density at radius 1 is 1.10 bits per heavy atom. The zero-order valence-electron chi connectivity index (χ0n) is 10.2. The van der Waals surface area contributed by atoms with E-state index in [0.717, 1.165) is 15.2 Å². The molecule has 100 valence electrons. The third-order valence-corrected chi connectivity index (χ3v) is 3.47. The molecule has 0 saturated carbocycles. The number of ether oxygens (including phenoxy) is 1. The van der Waals surface area contributed by atoms with E-state index in [1.807, 2.05) is 36.4 Å². The molecule has 0 aliphatic heterocycles. The second-order valence-corrected chi connectivity index (χ2v) is 5.46. The molecule has 1 heterocycles. The van der Waals surface area contributed by atoms with Crippen LogP contribution in [0.3, 0.4) is 0 Å². The van der Waals surface area contributed by atoms with Crippen LogP contribution in [0.5, 0.6) is 11.6 Å². The van der Waals surface area contributed by atoms with Gasteiger partial charge in [0.15, 0.2) is 0 Å². The largest absolute Gasteiger partial charge is 0.437 e. The second kappa shape index (κ2) is 5.26. The van der Waals surface area contributed by atoms with Crippen molar-refractivity contribution in [2.45, 2.75) is 0 Å². The van der Waals surface area contributed by atoms with E-state index >= 15 is 0 Å². The van der Waals surface area contributed by atoms with Gasteiger partial charge < -0.3 is 10.5 Å². The van der Waals surface area contributed by atoms with Gasteiger partial charge in [-0.25, -0.2) is 4.98 Å². The first-order chi connectivity index (χ1) is 9.61. The first-order valence-corrected chi connectivity index (χ1v) is 6.94. The fourth-order valence-corrected chi connectivity index (χ4v) is 2.31. The molecule has 0 spiro atoms. The van der Waals surface area contributed by atoms with Crippen molar-refractivity contribution in [2.24, 2.45) is 0 Å². The molecule has 0 saturated heterocycles. The maximum Gasteiger partial charge on any atom is 0.243 e. The molecule has 0 aliphatic carbocycles. The van der Waals surface area contributed by atoms with Crippen molar-refractivity contribution in [1.82, 2.24) is 9.97 Å². The lowest BCUT2D eigenvalue weighted by atomic mass is 10.1. The molecule has 6 heteroatoms. The van der Waals surface area contributed by atoms with E-state index < -0.39 is 0 Å². The normalized spacial score (nSPS) is 10.7. The topological polar surface area (TPSA) is 61.0 Å². The summed E-state index contributed by atoms with van der Waals surface area (Å²) in [5.74, 6) is 1.00. The molecule has 0 amide bonds. The Morgan fingerprint density at radius 2 is 1.85 bits per heavy atom. The van der Waals surface area contributed by atoms with Crippen LogP contribution in [0.25, 0.3) is 10.8 Å². The van der Waals surface area contributed by atoms with Crippen molar-refractivity contribution >= 4 is 44.3 Å². The fraction of sp³-hybridized carbons (Fsp3) is 0. The molecule has 0 atom stereocenters. The molecule has 0 aliphatic rings. The van der Waals surface area contributed by atoms with Crippen LogP contribution in [0.1, 0.15) is 0 Å². The summed E-state index contributed by atoms with van der Waals surface area (Å²) >= 11 is 9.42. The molecule has 3 aromatic rings. The Labute approximate surface area is 128 Å². The first kappa shape index (κ1) is 13.1. The number of anilines is 1. The lowest BCUT2D eigenvalue weighted by Gasteiger charge is -2.07. The van der Waals surface area contributed by atoms with Gasteiger partial charge >= 0.3 is 0 Å². The minimum Gasteiger partial charge on any atom is -0.437 e. The Bertz CT molecular complexity index is 794. The molecule has 3 rings (SSSR count). The average Bonchev–Trinajstić information content (AvgIpc) is 2.43. The van der Waals surface area contributed by atoms with Crippen molar-refractivity contribution in [3.63, 3.8) is 0 Å². The smallest absolute Gasteiger partial charge is 0.243 e. The van der Waals surface area contributed by atoms with E-state index in [4.69, 9.17) is 22.1 Å². The maximum atomic E-state index is 5.97. The minimum absolute atomic E-state index is 0.120. The monoisotopic (exact) mass is 349 g/mol. The molecular formula is C14H9BrClN3O. The van der Waals surface area contributed by atoms with Crippen LogP contribution in [0.15, 0.2) is 47.1 Å². The van der Waals surface area contributed by atoms with Gasteiger partial charge in [0.1, 0.15) is 10.8 Å². The van der Waals surface area contributed by atoms with Crippen molar-refractivity contribution in [2.75, 3.05) is 5.73 Å². The van der Waals surface area contributed by atoms with Crippen LogP contribution in [-0.2, 0) is 0 Å². The van der Waals surface area contributed by atoms with Gasteiger partial charge in [-0.05, 0) is 35.0 Å². The molecule has 2 N–H and O–H groups in total. The molecule has 0 fully saturated rings. The number of benzene rings is 2. The highest BCUT2D eigenvalue weighted by atomic mass is 79.9. The summed E-state index contributed by atoms with van der Waals surface area (Å²) < 4.78 is 6.69. The summed E-state index contributed by atoms with van der Waals surface area (Å²) in [5, 5.41) is 2.49. The van der Waals surface area contributed by atoms with Gasteiger partial charge in [-0.3, -0.25) is 0 Å². The Hall–Kier alpha value is -1.85. The third-order valence-electron chi connectivity index (χ3n) is 2.72. The van der Waals surface area contributed by atoms with Crippen LogP contribution in [0, 0.1) is 0 Å². The number of nitrogen functional groups attached to an aromatic ring is 1. The number of halogens is 2. The zero-order valence-corrected chi connectivity index (χ0v) is 12.5. The number of rotatable bonds is 2. The van der Waals surface area contributed by atoms with Gasteiger partial charge in [-0.15, -0.1) is 0 Å². The van der Waals surface area contributed by atoms with E-state index in [9.17, 15) is 0 Å². The minimum atomic E-state index is 0.120. The van der Waals surface area contributed by atoms with E-state index in [1.165, 1.54) is 6.20 Å². The van der Waals surface area contributed by atoms with Gasteiger partial charge in [0.05, 0.1) is 6.20 Å². The van der Waals surface area contributed by atoms with Crippen molar-refractivity contribution in [1.29, 1.82) is 0 Å². The number of nitrogens with two attached hydrogens (primary N) is 1. The molecule has 0 bridgehead atoms. The standard InChI is InChI=1S/C14H9BrClN3O/c15-10-3-1-9-6-11(4-2-8(9)5-10)20-13-12(16)7-18-14(17)19-13/h1-7H,(H2,17,18,19). The lowest BCUT2D eigenvalue weighted by Crippen LogP contribution is -1.97. The fourth-order valence-electron chi connectivity index (χ4n) is 1.81. The summed E-state index contributed by atoms with van der Waals surface area (Å²) in [7, 11) is 0. The van der Waals surface area contributed by atoms with E-state index in [-0.39, 0.29) is 11.8 Å². The van der Waals surface area contributed by atoms with Gasteiger partial charge in [-0.1, -0.05) is 39.7 Å². The second-order valence-electron chi connectivity index (χ2n) is 4.14. The SMILES string of the molecule is Nc1ncc(Cl)c(Oc2ccc3cc(Br)ccc3c2)n1. The van der Waals surface area contributed by atoms with Crippen LogP contribution in [-0.4, -0.2) is 9.97 Å². The average molecular weight is 351 g/mol. The molecule has 20 heavy (non-hydrogen) atoms. The van der Waals surface area contributed by atoms with Crippen LogP contribution >= 0.6 is 27.5 Å². The predicted octanol–water partition coefficient (Wildman–Crippen LogP) is 4.42.